The highest BCUT2D eigenvalue weighted by molar-refractivity contribution is 6.87. The quantitative estimate of drug-likeness (QED) is 0.426. The van der Waals surface area contributed by atoms with E-state index in [2.05, 4.69) is 52.3 Å². The highest BCUT2D eigenvalue weighted by Gasteiger charge is 2.39. The maximum atomic E-state index is 8.92. The Morgan fingerprint density at radius 1 is 0.759 bits per heavy atom. The summed E-state index contributed by atoms with van der Waals surface area (Å²) in [4.78, 5) is 0. The Morgan fingerprint density at radius 3 is 1.72 bits per heavy atom. The van der Waals surface area contributed by atoms with Gasteiger partial charge in [-0.25, -0.2) is 0 Å². The Bertz CT molecular complexity index is 841. The Morgan fingerprint density at radius 2 is 1.24 bits per heavy atom. The van der Waals surface area contributed by atoms with Crippen LogP contribution in [0.2, 0.25) is 45.3 Å². The van der Waals surface area contributed by atoms with Gasteiger partial charge in [0, 0.05) is 0 Å². The van der Waals surface area contributed by atoms with Crippen LogP contribution in [0.1, 0.15) is 12.5 Å². The van der Waals surface area contributed by atoms with Gasteiger partial charge in [0.1, 0.15) is 12.0 Å². The molecule has 0 saturated carbocycles. The number of hydrogen-bond donors (Lipinski definition) is 0. The van der Waals surface area contributed by atoms with Crippen molar-refractivity contribution in [2.24, 2.45) is 0 Å². The van der Waals surface area contributed by atoms with Crippen LogP contribution in [0.5, 0.6) is 5.75 Å². The first kappa shape index (κ1) is 23.6. The summed E-state index contributed by atoms with van der Waals surface area (Å²) in [6.07, 6.45) is 0.594. The van der Waals surface area contributed by atoms with Crippen molar-refractivity contribution in [2.75, 3.05) is 6.23 Å². The third kappa shape index (κ3) is 7.57. The van der Waals surface area contributed by atoms with Gasteiger partial charge in [0.15, 0.2) is 8.32 Å². The number of nitrogens with zero attached hydrogens (tertiary/aromatic N) is 1. The molecule has 4 nitrogen and oxygen atoms in total. The first-order chi connectivity index (χ1) is 13.5. The summed E-state index contributed by atoms with van der Waals surface area (Å²) in [6.45, 7) is 15.4. The highest BCUT2D eigenvalue weighted by Crippen LogP contribution is 2.25. The van der Waals surface area contributed by atoms with E-state index in [0.717, 1.165) is 22.9 Å². The first-order valence-electron chi connectivity index (χ1n) is 10.1. The third-order valence-corrected chi connectivity index (χ3v) is 15.6. The van der Waals surface area contributed by atoms with Crippen molar-refractivity contribution < 1.29 is 13.0 Å². The van der Waals surface area contributed by atoms with E-state index in [1.165, 1.54) is 0 Å². The first-order valence-corrected chi connectivity index (χ1v) is 19.1. The van der Waals surface area contributed by atoms with E-state index in [0.29, 0.717) is 11.8 Å². The zero-order valence-corrected chi connectivity index (χ0v) is 21.7. The van der Waals surface area contributed by atoms with Crippen molar-refractivity contribution in [3.63, 3.8) is 0 Å². The molecule has 0 fully saturated rings. The van der Waals surface area contributed by atoms with Gasteiger partial charge >= 0.3 is 8.56 Å². The van der Waals surface area contributed by atoms with E-state index in [9.17, 15) is 0 Å². The molecular formula is C22H33NO3Si3. The average Bonchev–Trinajstić information content (AvgIpc) is 2.65. The predicted octanol–water partition coefficient (Wildman–Crippen LogP) is 6.31. The van der Waals surface area contributed by atoms with Gasteiger partial charge in [0.05, 0.1) is 11.6 Å². The molecular weight excluding hydrogens is 411 g/mol. The maximum absolute atomic E-state index is 8.92. The minimum absolute atomic E-state index is 0.594. The van der Waals surface area contributed by atoms with Gasteiger partial charge in [-0.05, 0) is 80.7 Å². The molecule has 0 aliphatic heterocycles. The summed E-state index contributed by atoms with van der Waals surface area (Å²) in [7, 11) is -5.83. The molecule has 0 aliphatic rings. The molecule has 2 aromatic rings. The molecule has 0 aromatic heterocycles. The molecule has 2 aromatic carbocycles. The molecule has 0 aliphatic carbocycles. The second kappa shape index (κ2) is 9.41. The SMILES string of the molecule is CC[Si](C)(C)O[Si](C)(C)O[Si](C)(C)COc1ccc(-c2ccc(C#N)cc2)cc1. The van der Waals surface area contributed by atoms with E-state index >= 15 is 0 Å². The molecule has 0 atom stereocenters. The van der Waals surface area contributed by atoms with Crippen LogP contribution >= 0.6 is 0 Å². The largest absolute Gasteiger partial charge is 0.494 e. The van der Waals surface area contributed by atoms with Crippen molar-refractivity contribution in [2.45, 2.75) is 52.2 Å². The van der Waals surface area contributed by atoms with Crippen LogP contribution < -0.4 is 4.74 Å². The fourth-order valence-electron chi connectivity index (χ4n) is 3.19. The van der Waals surface area contributed by atoms with E-state index in [4.69, 9.17) is 18.2 Å². The molecule has 156 valence electrons. The maximum Gasteiger partial charge on any atom is 0.311 e. The van der Waals surface area contributed by atoms with Gasteiger partial charge in [-0.15, -0.1) is 0 Å². The van der Waals surface area contributed by atoms with Gasteiger partial charge in [-0.3, -0.25) is 0 Å². The van der Waals surface area contributed by atoms with Crippen molar-refractivity contribution in [1.82, 2.24) is 0 Å². The minimum atomic E-state index is -2.17. The molecule has 0 spiro atoms. The average molecular weight is 444 g/mol. The molecule has 0 amide bonds. The zero-order chi connectivity index (χ0) is 21.7. The van der Waals surface area contributed by atoms with Gasteiger partial charge in [-0.1, -0.05) is 31.2 Å². The Hall–Kier alpha value is -1.70. The predicted molar refractivity (Wildman–Crippen MR) is 127 cm³/mol. The topological polar surface area (TPSA) is 51.5 Å². The van der Waals surface area contributed by atoms with Gasteiger partial charge in [-0.2, -0.15) is 5.26 Å². The molecule has 0 saturated heterocycles. The molecule has 0 heterocycles. The summed E-state index contributed by atoms with van der Waals surface area (Å²) < 4.78 is 19.1. The molecule has 2 rings (SSSR count). The van der Waals surface area contributed by atoms with Crippen LogP contribution in [-0.2, 0) is 8.23 Å². The second-order valence-electron chi connectivity index (χ2n) is 8.98. The van der Waals surface area contributed by atoms with E-state index < -0.39 is 25.2 Å². The summed E-state index contributed by atoms with van der Waals surface area (Å²) in [5, 5.41) is 8.92. The smallest absolute Gasteiger partial charge is 0.311 e. The van der Waals surface area contributed by atoms with Crippen molar-refractivity contribution in [3.05, 3.63) is 54.1 Å². The van der Waals surface area contributed by atoms with Crippen LogP contribution in [-0.4, -0.2) is 31.4 Å². The fraction of sp³-hybridized carbons (Fsp3) is 0.409. The number of rotatable bonds is 9. The second-order valence-corrected chi connectivity index (χ2v) is 21.4. The normalized spacial score (nSPS) is 12.5. The molecule has 0 N–H and O–H groups in total. The number of hydrogen-bond acceptors (Lipinski definition) is 4. The lowest BCUT2D eigenvalue weighted by atomic mass is 10.0. The number of nitriles is 1. The lowest BCUT2D eigenvalue weighted by Gasteiger charge is -2.38. The molecule has 0 unspecified atom stereocenters. The van der Waals surface area contributed by atoms with Crippen molar-refractivity contribution >= 4 is 25.2 Å². The molecule has 7 heteroatoms. The summed E-state index contributed by atoms with van der Waals surface area (Å²) in [5.74, 6) is 0.843. The standard InChI is InChI=1S/C22H33NO3Si3/c1-8-27(2,3)25-29(6,7)26-28(4,5)18-24-22-15-13-21(14-16-22)20-11-9-19(17-23)10-12-20/h9-16H,8,18H2,1-7H3. The van der Waals surface area contributed by atoms with Crippen LogP contribution in [0.15, 0.2) is 48.5 Å². The minimum Gasteiger partial charge on any atom is -0.494 e. The number of ether oxygens (including phenoxy) is 1. The number of benzene rings is 2. The van der Waals surface area contributed by atoms with Crippen molar-refractivity contribution in [3.8, 4) is 22.9 Å². The van der Waals surface area contributed by atoms with Crippen LogP contribution in [0.4, 0.5) is 0 Å². The van der Waals surface area contributed by atoms with Gasteiger partial charge in [0.2, 0.25) is 8.32 Å². The van der Waals surface area contributed by atoms with Gasteiger partial charge < -0.3 is 13.0 Å². The summed E-state index contributed by atoms with van der Waals surface area (Å²) in [5.41, 5.74) is 2.85. The zero-order valence-electron chi connectivity index (χ0n) is 18.7. The van der Waals surface area contributed by atoms with Crippen molar-refractivity contribution in [1.29, 1.82) is 5.26 Å². The summed E-state index contributed by atoms with van der Waals surface area (Å²) >= 11 is 0. The van der Waals surface area contributed by atoms with E-state index in [-0.39, 0.29) is 0 Å². The Balaban J connectivity index is 1.96. The highest BCUT2D eigenvalue weighted by atomic mass is 28.5. The van der Waals surface area contributed by atoms with E-state index in [1.807, 2.05) is 48.5 Å². The van der Waals surface area contributed by atoms with Crippen LogP contribution in [0, 0.1) is 11.3 Å². The lowest BCUT2D eigenvalue weighted by molar-refractivity contribution is 0.329. The van der Waals surface area contributed by atoms with Crippen LogP contribution in [0.3, 0.4) is 0 Å². The van der Waals surface area contributed by atoms with E-state index in [1.54, 1.807) is 0 Å². The molecule has 29 heavy (non-hydrogen) atoms. The molecule has 0 bridgehead atoms. The monoisotopic (exact) mass is 443 g/mol. The Labute approximate surface area is 179 Å². The van der Waals surface area contributed by atoms with Crippen LogP contribution in [0.25, 0.3) is 11.1 Å². The van der Waals surface area contributed by atoms with Gasteiger partial charge in [0.25, 0.3) is 0 Å². The fourth-order valence-corrected chi connectivity index (χ4v) is 15.7. The molecule has 0 radical (unpaired) electrons. The Kier molecular flexibility index (Phi) is 7.65. The lowest BCUT2D eigenvalue weighted by Crippen LogP contribution is -2.54. The third-order valence-electron chi connectivity index (χ3n) is 4.68. The summed E-state index contributed by atoms with van der Waals surface area (Å²) in [6, 6.07) is 18.9.